The Kier molecular flexibility index (Phi) is 2.78. The van der Waals surface area contributed by atoms with E-state index in [0.29, 0.717) is 6.42 Å². The van der Waals surface area contributed by atoms with Crippen molar-refractivity contribution in [3.05, 3.63) is 35.2 Å². The molecule has 80 valence electrons. The second kappa shape index (κ2) is 3.93. The van der Waals surface area contributed by atoms with Crippen LogP contribution in [0.2, 0.25) is 0 Å². The first-order valence-electron chi connectivity index (χ1n) is 4.97. The zero-order valence-electron chi connectivity index (χ0n) is 8.73. The molecule has 0 amide bonds. The van der Waals surface area contributed by atoms with E-state index in [1.165, 1.54) is 15.6 Å². The first kappa shape index (κ1) is 10.6. The summed E-state index contributed by atoms with van der Waals surface area (Å²) in [5.41, 5.74) is 6.66. The van der Waals surface area contributed by atoms with Gasteiger partial charge in [-0.15, -0.1) is 11.3 Å². The van der Waals surface area contributed by atoms with Gasteiger partial charge in [0.2, 0.25) is 0 Å². The standard InChI is InChI=1S/C12H15NOS/c1-12(13,8-14)6-9-7-15-11-5-3-2-4-10(9)11/h2-5,7,14H,6,8,13H2,1H3. The van der Waals surface area contributed by atoms with E-state index in [2.05, 4.69) is 17.5 Å². The zero-order chi connectivity index (χ0) is 10.9. The van der Waals surface area contributed by atoms with Crippen LogP contribution >= 0.6 is 11.3 Å². The molecule has 1 atom stereocenters. The van der Waals surface area contributed by atoms with Crippen molar-refractivity contribution < 1.29 is 5.11 Å². The van der Waals surface area contributed by atoms with E-state index in [-0.39, 0.29) is 6.61 Å². The van der Waals surface area contributed by atoms with Crippen molar-refractivity contribution in [2.75, 3.05) is 6.61 Å². The lowest BCUT2D eigenvalue weighted by atomic mass is 9.95. The second-order valence-corrected chi connectivity index (χ2v) is 5.16. The predicted octanol–water partition coefficient (Wildman–Crippen LogP) is 2.15. The molecule has 15 heavy (non-hydrogen) atoms. The summed E-state index contributed by atoms with van der Waals surface area (Å²) in [7, 11) is 0. The van der Waals surface area contributed by atoms with Gasteiger partial charge >= 0.3 is 0 Å². The van der Waals surface area contributed by atoms with E-state index in [1.807, 2.05) is 19.1 Å². The SMILES string of the molecule is CC(N)(CO)Cc1csc2ccccc12. The second-order valence-electron chi connectivity index (χ2n) is 4.25. The van der Waals surface area contributed by atoms with Crippen LogP contribution in [0.4, 0.5) is 0 Å². The average molecular weight is 221 g/mol. The molecule has 1 aromatic heterocycles. The van der Waals surface area contributed by atoms with E-state index in [0.717, 1.165) is 0 Å². The van der Waals surface area contributed by atoms with Crippen LogP contribution in [0.3, 0.4) is 0 Å². The number of hydrogen-bond donors (Lipinski definition) is 2. The first-order valence-corrected chi connectivity index (χ1v) is 5.85. The van der Waals surface area contributed by atoms with Crippen LogP contribution in [0, 0.1) is 0 Å². The summed E-state index contributed by atoms with van der Waals surface area (Å²) in [5.74, 6) is 0. The van der Waals surface area contributed by atoms with Crippen molar-refractivity contribution >= 4 is 21.4 Å². The smallest absolute Gasteiger partial charge is 0.0611 e. The van der Waals surface area contributed by atoms with Crippen LogP contribution in [0.5, 0.6) is 0 Å². The van der Waals surface area contributed by atoms with Crippen molar-refractivity contribution in [2.45, 2.75) is 18.9 Å². The van der Waals surface area contributed by atoms with Gasteiger partial charge in [-0.2, -0.15) is 0 Å². The zero-order valence-corrected chi connectivity index (χ0v) is 9.55. The molecular weight excluding hydrogens is 206 g/mol. The van der Waals surface area contributed by atoms with Crippen molar-refractivity contribution in [3.63, 3.8) is 0 Å². The summed E-state index contributed by atoms with van der Waals surface area (Å²) in [5, 5.41) is 12.5. The van der Waals surface area contributed by atoms with Gasteiger partial charge in [0.15, 0.2) is 0 Å². The molecule has 0 radical (unpaired) electrons. The maximum atomic E-state index is 9.14. The molecule has 1 heterocycles. The third kappa shape index (κ3) is 2.20. The number of aliphatic hydroxyl groups is 1. The number of rotatable bonds is 3. The maximum Gasteiger partial charge on any atom is 0.0611 e. The maximum absolute atomic E-state index is 9.14. The molecule has 0 aliphatic rings. The monoisotopic (exact) mass is 221 g/mol. The van der Waals surface area contributed by atoms with Crippen LogP contribution < -0.4 is 5.73 Å². The minimum absolute atomic E-state index is 0.0111. The van der Waals surface area contributed by atoms with E-state index in [9.17, 15) is 0 Å². The highest BCUT2D eigenvalue weighted by atomic mass is 32.1. The van der Waals surface area contributed by atoms with Gasteiger partial charge < -0.3 is 10.8 Å². The van der Waals surface area contributed by atoms with Gasteiger partial charge in [-0.1, -0.05) is 18.2 Å². The van der Waals surface area contributed by atoms with Crippen LogP contribution in [0.1, 0.15) is 12.5 Å². The molecule has 0 aliphatic heterocycles. The average Bonchev–Trinajstić information content (AvgIpc) is 2.62. The van der Waals surface area contributed by atoms with Crippen molar-refractivity contribution in [1.82, 2.24) is 0 Å². The lowest BCUT2D eigenvalue weighted by Gasteiger charge is -2.21. The minimum Gasteiger partial charge on any atom is -0.394 e. The molecular formula is C12H15NOS. The largest absolute Gasteiger partial charge is 0.394 e. The lowest BCUT2D eigenvalue weighted by Crippen LogP contribution is -2.42. The molecule has 0 aliphatic carbocycles. The lowest BCUT2D eigenvalue weighted by molar-refractivity contribution is 0.208. The Balaban J connectivity index is 2.37. The molecule has 0 spiro atoms. The third-order valence-electron chi connectivity index (χ3n) is 2.52. The number of nitrogens with two attached hydrogens (primary N) is 1. The first-order chi connectivity index (χ1) is 7.12. The summed E-state index contributed by atoms with van der Waals surface area (Å²) in [6, 6.07) is 8.28. The summed E-state index contributed by atoms with van der Waals surface area (Å²) < 4.78 is 1.28. The van der Waals surface area contributed by atoms with E-state index >= 15 is 0 Å². The molecule has 0 saturated carbocycles. The van der Waals surface area contributed by atoms with E-state index in [4.69, 9.17) is 10.8 Å². The fourth-order valence-corrected chi connectivity index (χ4v) is 2.62. The molecule has 1 aromatic carbocycles. The van der Waals surface area contributed by atoms with Crippen LogP contribution in [-0.2, 0) is 6.42 Å². The van der Waals surface area contributed by atoms with Gasteiger partial charge in [-0.3, -0.25) is 0 Å². The normalized spacial score (nSPS) is 15.4. The van der Waals surface area contributed by atoms with E-state index in [1.54, 1.807) is 11.3 Å². The van der Waals surface area contributed by atoms with Crippen LogP contribution in [-0.4, -0.2) is 17.3 Å². The molecule has 2 nitrogen and oxygen atoms in total. The molecule has 0 saturated heterocycles. The summed E-state index contributed by atoms with van der Waals surface area (Å²) in [6.07, 6.45) is 0.716. The van der Waals surface area contributed by atoms with Crippen molar-refractivity contribution in [3.8, 4) is 0 Å². The van der Waals surface area contributed by atoms with Gasteiger partial charge in [0, 0.05) is 10.2 Å². The minimum atomic E-state index is -0.524. The quantitative estimate of drug-likeness (QED) is 0.834. The Morgan fingerprint density at radius 1 is 1.40 bits per heavy atom. The Bertz CT molecular complexity index is 461. The molecule has 1 unspecified atom stereocenters. The summed E-state index contributed by atoms with van der Waals surface area (Å²) in [6.45, 7) is 1.89. The van der Waals surface area contributed by atoms with Crippen LogP contribution in [0.25, 0.3) is 10.1 Å². The third-order valence-corrected chi connectivity index (χ3v) is 3.53. The van der Waals surface area contributed by atoms with Crippen molar-refractivity contribution in [2.24, 2.45) is 5.73 Å². The number of hydrogen-bond acceptors (Lipinski definition) is 3. The molecule has 2 aromatic rings. The number of thiophene rings is 1. The van der Waals surface area contributed by atoms with Gasteiger partial charge in [0.05, 0.1) is 6.61 Å². The van der Waals surface area contributed by atoms with Gasteiger partial charge in [-0.05, 0) is 35.7 Å². The fraction of sp³-hybridized carbons (Fsp3) is 0.333. The number of fused-ring (bicyclic) bond motifs is 1. The highest BCUT2D eigenvalue weighted by molar-refractivity contribution is 7.17. The fourth-order valence-electron chi connectivity index (χ4n) is 1.66. The summed E-state index contributed by atoms with van der Waals surface area (Å²) >= 11 is 1.73. The molecule has 0 bridgehead atoms. The van der Waals surface area contributed by atoms with E-state index < -0.39 is 5.54 Å². The number of benzene rings is 1. The molecule has 3 heteroatoms. The Hall–Kier alpha value is -0.900. The Labute approximate surface area is 93.3 Å². The van der Waals surface area contributed by atoms with Crippen molar-refractivity contribution in [1.29, 1.82) is 0 Å². The highest BCUT2D eigenvalue weighted by Gasteiger charge is 2.19. The number of aliphatic hydroxyl groups excluding tert-OH is 1. The van der Waals surface area contributed by atoms with Gasteiger partial charge in [-0.25, -0.2) is 0 Å². The topological polar surface area (TPSA) is 46.2 Å². The summed E-state index contributed by atoms with van der Waals surface area (Å²) in [4.78, 5) is 0. The molecule has 3 N–H and O–H groups in total. The predicted molar refractivity (Wildman–Crippen MR) is 65.2 cm³/mol. The Morgan fingerprint density at radius 3 is 2.87 bits per heavy atom. The molecule has 2 rings (SSSR count). The molecule has 0 fully saturated rings. The van der Waals surface area contributed by atoms with Gasteiger partial charge in [0.1, 0.15) is 0 Å². The van der Waals surface area contributed by atoms with Crippen LogP contribution in [0.15, 0.2) is 29.6 Å². The van der Waals surface area contributed by atoms with Gasteiger partial charge in [0.25, 0.3) is 0 Å². The highest BCUT2D eigenvalue weighted by Crippen LogP contribution is 2.27. The Morgan fingerprint density at radius 2 is 2.13 bits per heavy atom.